The minimum absolute atomic E-state index is 0.139. The molecule has 1 aromatic rings. The van der Waals surface area contributed by atoms with Crippen LogP contribution in [0, 0.1) is 5.92 Å². The van der Waals surface area contributed by atoms with Gasteiger partial charge < -0.3 is 10.5 Å². The van der Waals surface area contributed by atoms with E-state index < -0.39 is 24.0 Å². The van der Waals surface area contributed by atoms with E-state index in [2.05, 4.69) is 0 Å². The van der Waals surface area contributed by atoms with E-state index in [4.69, 9.17) is 22.1 Å². The van der Waals surface area contributed by atoms with E-state index in [0.717, 1.165) is 4.90 Å². The zero-order valence-electron chi connectivity index (χ0n) is 12.9. The minimum Gasteiger partial charge on any atom is -0.452 e. The van der Waals surface area contributed by atoms with Crippen LogP contribution in [0.4, 0.5) is 4.79 Å². The quantitative estimate of drug-likeness (QED) is 0.576. The maximum atomic E-state index is 11.8. The van der Waals surface area contributed by atoms with Crippen molar-refractivity contribution in [2.75, 3.05) is 5.75 Å². The van der Waals surface area contributed by atoms with Crippen molar-refractivity contribution in [2.45, 2.75) is 31.3 Å². The van der Waals surface area contributed by atoms with Crippen molar-refractivity contribution in [1.82, 2.24) is 5.32 Å². The van der Waals surface area contributed by atoms with E-state index in [0.29, 0.717) is 10.8 Å². The standard InChI is InChI=1S/C15H19ClN2O4S/c1-9(2)13(14(20)18-15(17)21)22-12(19)7-8-23-11-5-3-10(16)4-6-11/h3-6,9,13H,7-8H2,1-2H3,(H3,17,18,20,21)/t13-/m1/s1. The van der Waals surface area contributed by atoms with E-state index in [9.17, 15) is 14.4 Å². The zero-order valence-corrected chi connectivity index (χ0v) is 14.4. The van der Waals surface area contributed by atoms with E-state index in [-0.39, 0.29) is 12.3 Å². The van der Waals surface area contributed by atoms with Crippen LogP contribution >= 0.6 is 23.4 Å². The molecular formula is C15H19ClN2O4S. The molecule has 0 bridgehead atoms. The van der Waals surface area contributed by atoms with Gasteiger partial charge in [-0.2, -0.15) is 0 Å². The molecule has 1 aromatic carbocycles. The number of urea groups is 1. The maximum absolute atomic E-state index is 11.8. The number of halogens is 1. The first-order valence-electron chi connectivity index (χ1n) is 6.97. The summed E-state index contributed by atoms with van der Waals surface area (Å²) >= 11 is 7.27. The highest BCUT2D eigenvalue weighted by molar-refractivity contribution is 7.99. The average Bonchev–Trinajstić information content (AvgIpc) is 2.45. The highest BCUT2D eigenvalue weighted by Crippen LogP contribution is 2.21. The Bertz CT molecular complexity index is 563. The van der Waals surface area contributed by atoms with Crippen LogP contribution in [-0.2, 0) is 14.3 Å². The Labute approximate surface area is 144 Å². The van der Waals surface area contributed by atoms with Gasteiger partial charge in [0, 0.05) is 15.7 Å². The van der Waals surface area contributed by atoms with E-state index in [1.807, 2.05) is 17.4 Å². The van der Waals surface area contributed by atoms with Crippen LogP contribution in [-0.4, -0.2) is 29.8 Å². The molecule has 0 aliphatic carbocycles. The summed E-state index contributed by atoms with van der Waals surface area (Å²) in [5, 5.41) is 2.57. The molecule has 0 fully saturated rings. The van der Waals surface area contributed by atoms with Crippen molar-refractivity contribution in [3.63, 3.8) is 0 Å². The number of benzene rings is 1. The van der Waals surface area contributed by atoms with Crippen LogP contribution in [0.1, 0.15) is 20.3 Å². The molecule has 0 aromatic heterocycles. The molecule has 0 aliphatic rings. The van der Waals surface area contributed by atoms with Gasteiger partial charge in [-0.3, -0.25) is 14.9 Å². The molecule has 0 saturated heterocycles. The fourth-order valence-electron chi connectivity index (χ4n) is 1.67. The molecule has 1 rings (SSSR count). The third-order valence-corrected chi connectivity index (χ3v) is 4.02. The summed E-state index contributed by atoms with van der Waals surface area (Å²) in [6, 6.07) is 6.27. The second-order valence-corrected chi connectivity index (χ2v) is 6.67. The van der Waals surface area contributed by atoms with Gasteiger partial charge in [-0.25, -0.2) is 4.79 Å². The van der Waals surface area contributed by atoms with Crippen LogP contribution in [0.2, 0.25) is 5.02 Å². The van der Waals surface area contributed by atoms with Crippen molar-refractivity contribution < 1.29 is 19.1 Å². The lowest BCUT2D eigenvalue weighted by Crippen LogP contribution is -2.45. The molecule has 126 valence electrons. The van der Waals surface area contributed by atoms with Crippen LogP contribution in [0.15, 0.2) is 29.2 Å². The highest BCUT2D eigenvalue weighted by Gasteiger charge is 2.27. The van der Waals surface area contributed by atoms with E-state index in [1.165, 1.54) is 11.8 Å². The number of thioether (sulfide) groups is 1. The summed E-state index contributed by atoms with van der Waals surface area (Å²) in [6.45, 7) is 3.42. The third kappa shape index (κ3) is 7.38. The summed E-state index contributed by atoms with van der Waals surface area (Å²) in [7, 11) is 0. The Morgan fingerprint density at radius 3 is 2.39 bits per heavy atom. The van der Waals surface area contributed by atoms with Gasteiger partial charge >= 0.3 is 12.0 Å². The normalized spacial score (nSPS) is 11.8. The van der Waals surface area contributed by atoms with Gasteiger partial charge in [-0.1, -0.05) is 25.4 Å². The monoisotopic (exact) mass is 358 g/mol. The van der Waals surface area contributed by atoms with Crippen LogP contribution in [0.3, 0.4) is 0 Å². The lowest BCUT2D eigenvalue weighted by Gasteiger charge is -2.19. The second kappa shape index (κ2) is 9.42. The maximum Gasteiger partial charge on any atom is 0.318 e. The average molecular weight is 359 g/mol. The first-order chi connectivity index (χ1) is 10.8. The van der Waals surface area contributed by atoms with Crippen molar-refractivity contribution in [3.05, 3.63) is 29.3 Å². The number of imide groups is 1. The predicted molar refractivity (Wildman–Crippen MR) is 89.2 cm³/mol. The Kier molecular flexibility index (Phi) is 7.91. The number of nitrogens with two attached hydrogens (primary N) is 1. The van der Waals surface area contributed by atoms with Crippen LogP contribution < -0.4 is 11.1 Å². The Morgan fingerprint density at radius 1 is 1.26 bits per heavy atom. The highest BCUT2D eigenvalue weighted by atomic mass is 35.5. The smallest absolute Gasteiger partial charge is 0.318 e. The molecule has 0 saturated carbocycles. The second-order valence-electron chi connectivity index (χ2n) is 5.06. The molecule has 0 aliphatic heterocycles. The summed E-state index contributed by atoms with van der Waals surface area (Å²) < 4.78 is 5.14. The molecule has 0 spiro atoms. The molecule has 0 radical (unpaired) electrons. The number of hydrogen-bond donors (Lipinski definition) is 2. The molecular weight excluding hydrogens is 340 g/mol. The number of carbonyl (C=O) groups is 3. The van der Waals surface area contributed by atoms with Gasteiger partial charge in [0.15, 0.2) is 6.10 Å². The Hall–Kier alpha value is -1.73. The largest absolute Gasteiger partial charge is 0.452 e. The molecule has 3 amide bonds. The fourth-order valence-corrected chi connectivity index (χ4v) is 2.63. The van der Waals surface area contributed by atoms with Crippen molar-refractivity contribution in [3.8, 4) is 0 Å². The van der Waals surface area contributed by atoms with Gasteiger partial charge in [-0.05, 0) is 30.2 Å². The Balaban J connectivity index is 2.44. The van der Waals surface area contributed by atoms with Gasteiger partial charge in [0.2, 0.25) is 0 Å². The number of esters is 1. The molecule has 6 nitrogen and oxygen atoms in total. The summed E-state index contributed by atoms with van der Waals surface area (Å²) in [6.07, 6.45) is -0.907. The molecule has 0 unspecified atom stereocenters. The SMILES string of the molecule is CC(C)[C@@H](OC(=O)CCSc1ccc(Cl)cc1)C(=O)NC(N)=O. The van der Waals surface area contributed by atoms with Gasteiger partial charge in [-0.15, -0.1) is 11.8 Å². The molecule has 1 atom stereocenters. The number of amides is 3. The van der Waals surface area contributed by atoms with Gasteiger partial charge in [0.1, 0.15) is 0 Å². The van der Waals surface area contributed by atoms with E-state index in [1.54, 1.807) is 26.0 Å². The summed E-state index contributed by atoms with van der Waals surface area (Å²) in [4.78, 5) is 35.3. The number of hydrogen-bond acceptors (Lipinski definition) is 5. The first kappa shape index (κ1) is 19.3. The van der Waals surface area contributed by atoms with Crippen molar-refractivity contribution in [1.29, 1.82) is 0 Å². The van der Waals surface area contributed by atoms with Crippen LogP contribution in [0.5, 0.6) is 0 Å². The van der Waals surface area contributed by atoms with E-state index >= 15 is 0 Å². The Morgan fingerprint density at radius 2 is 1.87 bits per heavy atom. The topological polar surface area (TPSA) is 98.5 Å². The number of primary amides is 1. The number of rotatable bonds is 7. The predicted octanol–water partition coefficient (Wildman–Crippen LogP) is 2.58. The van der Waals surface area contributed by atoms with Crippen molar-refractivity contribution >= 4 is 41.3 Å². The molecule has 0 heterocycles. The summed E-state index contributed by atoms with van der Waals surface area (Å²) in [5.74, 6) is -0.999. The number of carbonyl (C=O) groups excluding carboxylic acids is 3. The molecule has 8 heteroatoms. The third-order valence-electron chi connectivity index (χ3n) is 2.76. The lowest BCUT2D eigenvalue weighted by atomic mass is 10.1. The number of nitrogens with one attached hydrogen (secondary N) is 1. The lowest BCUT2D eigenvalue weighted by molar-refractivity contribution is -0.157. The minimum atomic E-state index is -1.05. The zero-order chi connectivity index (χ0) is 17.4. The molecule has 3 N–H and O–H groups in total. The van der Waals surface area contributed by atoms with Gasteiger partial charge in [0.25, 0.3) is 5.91 Å². The summed E-state index contributed by atoms with van der Waals surface area (Å²) in [5.41, 5.74) is 4.89. The van der Waals surface area contributed by atoms with Crippen molar-refractivity contribution in [2.24, 2.45) is 11.7 Å². The van der Waals surface area contributed by atoms with Gasteiger partial charge in [0.05, 0.1) is 6.42 Å². The van der Waals surface area contributed by atoms with Crippen LogP contribution in [0.25, 0.3) is 0 Å². The first-order valence-corrected chi connectivity index (χ1v) is 8.34. The molecule has 23 heavy (non-hydrogen) atoms. The fraction of sp³-hybridized carbons (Fsp3) is 0.400. The number of ether oxygens (including phenoxy) is 1.